The maximum Gasteiger partial charge on any atom is 0.603 e. The zero-order chi connectivity index (χ0) is 26.3. The summed E-state index contributed by atoms with van der Waals surface area (Å²) in [6.45, 7) is 5.63. The van der Waals surface area contributed by atoms with Crippen molar-refractivity contribution in [2.24, 2.45) is 14.1 Å². The van der Waals surface area contributed by atoms with Gasteiger partial charge in [-0.25, -0.2) is 9.97 Å². The average Bonchev–Trinajstić information content (AvgIpc) is 3.56. The smallest absolute Gasteiger partial charge is 0.495 e. The van der Waals surface area contributed by atoms with Crippen LogP contribution in [0.5, 0.6) is 5.75 Å². The number of pyridine rings is 1. The van der Waals surface area contributed by atoms with Crippen molar-refractivity contribution in [2.75, 3.05) is 12.4 Å². The first-order valence-corrected chi connectivity index (χ1v) is 12.0. The molecular weight excluding hydrogens is 470 g/mol. The molecule has 5 rings (SSSR count). The fourth-order valence-electron chi connectivity index (χ4n) is 4.42. The molecule has 1 aliphatic heterocycles. The minimum atomic E-state index is -0.432. The Hall–Kier alpha value is -4.47. The zero-order valence-electron chi connectivity index (χ0n) is 21.8. The van der Waals surface area contributed by atoms with Crippen molar-refractivity contribution in [1.82, 2.24) is 24.3 Å². The summed E-state index contributed by atoms with van der Waals surface area (Å²) >= 11 is 0. The van der Waals surface area contributed by atoms with E-state index in [4.69, 9.17) is 9.47 Å². The number of ether oxygens (including phenoxy) is 2. The maximum absolute atomic E-state index is 13.2. The number of benzene rings is 1. The van der Waals surface area contributed by atoms with Crippen LogP contribution in [0, 0.1) is 6.92 Å². The van der Waals surface area contributed by atoms with Gasteiger partial charge in [-0.1, -0.05) is 10.6 Å². The Kier molecular flexibility index (Phi) is 6.24. The number of aryl methyl sites for hydroxylation is 2. The van der Waals surface area contributed by atoms with E-state index in [0.717, 1.165) is 45.3 Å². The summed E-state index contributed by atoms with van der Waals surface area (Å²) in [7, 11) is 5.46. The predicted molar refractivity (Wildman–Crippen MR) is 140 cm³/mol. The van der Waals surface area contributed by atoms with E-state index in [1.54, 1.807) is 28.8 Å². The molecule has 10 heteroatoms. The number of nitrogens with one attached hydrogen (secondary N) is 1. The first-order valence-electron chi connectivity index (χ1n) is 12.0. The van der Waals surface area contributed by atoms with Gasteiger partial charge < -0.3 is 19.4 Å². The number of hydrogen-bond acceptors (Lipinski definition) is 7. The third-order valence-electron chi connectivity index (χ3n) is 6.37. The van der Waals surface area contributed by atoms with Crippen LogP contribution < -0.4 is 10.1 Å². The van der Waals surface area contributed by atoms with Gasteiger partial charge in [0.15, 0.2) is 0 Å². The van der Waals surface area contributed by atoms with Crippen molar-refractivity contribution in [3.63, 3.8) is 0 Å². The molecule has 1 amide bonds. The molecule has 0 radical (unpaired) electrons. The lowest BCUT2D eigenvalue weighted by atomic mass is 10.1. The molecule has 1 aliphatic rings. The van der Waals surface area contributed by atoms with E-state index in [0.29, 0.717) is 18.0 Å². The molecule has 4 heterocycles. The van der Waals surface area contributed by atoms with Gasteiger partial charge in [0.05, 0.1) is 54.5 Å². The Balaban J connectivity index is 1.50. The van der Waals surface area contributed by atoms with Crippen molar-refractivity contribution in [3.8, 4) is 17.0 Å². The molecule has 10 nitrogen and oxygen atoms in total. The van der Waals surface area contributed by atoms with E-state index in [1.165, 1.54) is 0 Å². The number of fused-ring (bicyclic) bond motifs is 1. The van der Waals surface area contributed by atoms with E-state index in [-0.39, 0.29) is 6.10 Å². The van der Waals surface area contributed by atoms with Gasteiger partial charge in [-0.05, 0) is 32.9 Å². The van der Waals surface area contributed by atoms with Crippen molar-refractivity contribution >= 4 is 29.0 Å². The number of carbonyl (C=O) groups excluding carboxylic acids is 1. The fourth-order valence-corrected chi connectivity index (χ4v) is 4.42. The number of anilines is 2. The molecule has 1 N–H and O–H groups in total. The average molecular weight is 501 g/mol. The summed E-state index contributed by atoms with van der Waals surface area (Å²) < 4.78 is 16.6. The van der Waals surface area contributed by atoms with Crippen molar-refractivity contribution in [3.05, 3.63) is 66.0 Å². The largest absolute Gasteiger partial charge is 0.603 e. The maximum atomic E-state index is 13.2. The molecule has 1 aromatic carbocycles. The van der Waals surface area contributed by atoms with E-state index in [9.17, 15) is 4.79 Å². The third kappa shape index (κ3) is 4.57. The van der Waals surface area contributed by atoms with Crippen LogP contribution in [0.3, 0.4) is 0 Å². The lowest BCUT2D eigenvalue weighted by Crippen LogP contribution is -2.25. The highest BCUT2D eigenvalue weighted by Gasteiger charge is 2.39. The zero-order valence-corrected chi connectivity index (χ0v) is 21.8. The topological polar surface area (TPSA) is 99.1 Å². The van der Waals surface area contributed by atoms with E-state index in [2.05, 4.69) is 20.4 Å². The number of rotatable bonds is 6. The van der Waals surface area contributed by atoms with E-state index in [1.807, 2.05) is 76.1 Å². The highest BCUT2D eigenvalue weighted by Crippen LogP contribution is 2.35. The SMILES string of the molecule is COc1cc(-c2cnc(C)n2C)ccc1Nc1cc2c(cn1)CC(c1cnn(C)c1)=[N+]2C(=O)OC(C)C. The normalized spacial score (nSPS) is 12.7. The molecule has 3 aromatic heterocycles. The van der Waals surface area contributed by atoms with Gasteiger partial charge in [0.25, 0.3) is 0 Å². The van der Waals surface area contributed by atoms with Crippen LogP contribution >= 0.6 is 0 Å². The Morgan fingerprint density at radius 2 is 1.92 bits per heavy atom. The van der Waals surface area contributed by atoms with E-state index < -0.39 is 6.09 Å². The van der Waals surface area contributed by atoms with Gasteiger partial charge in [-0.15, -0.1) is 0 Å². The predicted octanol–water partition coefficient (Wildman–Crippen LogP) is 4.51. The number of methoxy groups -OCH3 is 1. The Labute approximate surface area is 215 Å². The number of aromatic nitrogens is 5. The van der Waals surface area contributed by atoms with Gasteiger partial charge in [0.1, 0.15) is 23.5 Å². The number of carbonyl (C=O) groups is 1. The molecule has 190 valence electrons. The second kappa shape index (κ2) is 9.53. The minimum Gasteiger partial charge on any atom is -0.495 e. The van der Waals surface area contributed by atoms with Crippen LogP contribution in [0.25, 0.3) is 11.3 Å². The molecule has 0 saturated heterocycles. The lowest BCUT2D eigenvalue weighted by molar-refractivity contribution is -0.356. The molecule has 0 saturated carbocycles. The molecule has 0 unspecified atom stereocenters. The van der Waals surface area contributed by atoms with E-state index >= 15 is 0 Å². The van der Waals surface area contributed by atoms with Crippen LogP contribution in [-0.4, -0.2) is 53.9 Å². The van der Waals surface area contributed by atoms with Crippen LogP contribution in [0.1, 0.15) is 30.8 Å². The van der Waals surface area contributed by atoms with Gasteiger partial charge in [-0.3, -0.25) is 4.68 Å². The summed E-state index contributed by atoms with van der Waals surface area (Å²) in [6.07, 6.45) is 7.13. The molecule has 0 atom stereocenters. The van der Waals surface area contributed by atoms with Gasteiger partial charge >= 0.3 is 6.09 Å². The summed E-state index contributed by atoms with van der Waals surface area (Å²) in [5, 5.41) is 7.62. The van der Waals surface area contributed by atoms with Crippen LogP contribution in [-0.2, 0) is 25.3 Å². The van der Waals surface area contributed by atoms with Gasteiger partial charge in [-0.2, -0.15) is 9.89 Å². The second-order valence-corrected chi connectivity index (χ2v) is 9.28. The first-order chi connectivity index (χ1) is 17.7. The minimum absolute atomic E-state index is 0.253. The van der Waals surface area contributed by atoms with Crippen molar-refractivity contribution in [1.29, 1.82) is 0 Å². The monoisotopic (exact) mass is 500 g/mol. The Bertz CT molecular complexity index is 1530. The van der Waals surface area contributed by atoms with Crippen LogP contribution in [0.4, 0.5) is 22.0 Å². The van der Waals surface area contributed by atoms with Crippen molar-refractivity contribution < 1.29 is 18.8 Å². The molecule has 0 bridgehead atoms. The molecular formula is C27H30N7O3+. The quantitative estimate of drug-likeness (QED) is 0.389. The molecule has 0 spiro atoms. The summed E-state index contributed by atoms with van der Waals surface area (Å²) in [4.78, 5) is 22.2. The lowest BCUT2D eigenvalue weighted by Gasteiger charge is -2.13. The Morgan fingerprint density at radius 3 is 2.57 bits per heavy atom. The van der Waals surface area contributed by atoms with Crippen LogP contribution in [0.15, 0.2) is 49.1 Å². The first kappa shape index (κ1) is 24.2. The third-order valence-corrected chi connectivity index (χ3v) is 6.37. The molecule has 37 heavy (non-hydrogen) atoms. The van der Waals surface area contributed by atoms with Gasteiger partial charge in [0.2, 0.25) is 11.4 Å². The molecule has 0 aliphatic carbocycles. The fraction of sp³-hybridized carbons (Fsp3) is 0.296. The van der Waals surface area contributed by atoms with Crippen molar-refractivity contribution in [2.45, 2.75) is 33.3 Å². The van der Waals surface area contributed by atoms with Crippen LogP contribution in [0.2, 0.25) is 0 Å². The second-order valence-electron chi connectivity index (χ2n) is 9.28. The summed E-state index contributed by atoms with van der Waals surface area (Å²) in [5.41, 5.74) is 6.06. The summed E-state index contributed by atoms with van der Waals surface area (Å²) in [5.74, 6) is 2.18. The molecule has 0 fully saturated rings. The highest BCUT2D eigenvalue weighted by molar-refractivity contribution is 6.03. The molecule has 4 aromatic rings. The number of hydrogen-bond donors (Lipinski definition) is 1. The summed E-state index contributed by atoms with van der Waals surface area (Å²) in [6, 6.07) is 7.78. The number of nitrogens with zero attached hydrogens (tertiary/aromatic N) is 6. The number of imidazole rings is 1. The standard InChI is InChI=1S/C27H30N7O3/c1-16(2)37-27(35)34-22(20-13-30-32(4)15-20)9-19-12-29-26(11-23(19)34)31-21-8-7-18(10-25(21)36-6)24-14-28-17(3)33(24)5/h7-8,10-16H,9H2,1-6H3,(H,29,31)/q+1. The highest BCUT2D eigenvalue weighted by atomic mass is 16.6. The van der Waals surface area contributed by atoms with Gasteiger partial charge in [0, 0.05) is 32.1 Å². The number of amides is 1. The Morgan fingerprint density at radius 1 is 1.11 bits per heavy atom.